The first kappa shape index (κ1) is 22.3. The number of halogens is 1. The van der Waals surface area contributed by atoms with Crippen LogP contribution in [0.15, 0.2) is 88.6 Å². The van der Waals surface area contributed by atoms with Crippen molar-refractivity contribution in [2.75, 3.05) is 0 Å². The molecule has 2 bridgehead atoms. The molecule has 0 N–H and O–H groups in total. The van der Waals surface area contributed by atoms with Gasteiger partial charge in [0.25, 0.3) is 5.69 Å². The van der Waals surface area contributed by atoms with Crippen LogP contribution in [0, 0.1) is 20.4 Å². The lowest BCUT2D eigenvalue weighted by molar-refractivity contribution is -2.00. The van der Waals surface area contributed by atoms with E-state index in [9.17, 15) is 10.1 Å². The molecule has 3 aliphatic rings. The topological polar surface area (TPSA) is 166 Å². The summed E-state index contributed by atoms with van der Waals surface area (Å²) in [4.78, 5) is 11.7. The van der Waals surface area contributed by atoms with Crippen LogP contribution in [0.25, 0.3) is 0 Å². The van der Waals surface area contributed by atoms with Crippen LogP contribution in [-0.4, -0.2) is 4.92 Å². The highest BCUT2D eigenvalue weighted by Gasteiger charge is 2.61. The van der Waals surface area contributed by atoms with Gasteiger partial charge < -0.3 is 8.83 Å². The van der Waals surface area contributed by atoms with Gasteiger partial charge in [0.1, 0.15) is 0 Å². The summed E-state index contributed by atoms with van der Waals surface area (Å²) in [5.74, 6) is -0.236. The van der Waals surface area contributed by atoms with Gasteiger partial charge in [0.15, 0.2) is 17.9 Å². The number of fused-ring (bicyclic) bond motifs is 1. The van der Waals surface area contributed by atoms with Gasteiger partial charge in [-0.1, -0.05) is 18.2 Å². The molecule has 174 valence electrons. The van der Waals surface area contributed by atoms with Crippen molar-refractivity contribution in [1.82, 2.24) is 0 Å². The number of nitro benzene ring substituents is 1. The van der Waals surface area contributed by atoms with Crippen molar-refractivity contribution in [3.63, 3.8) is 0 Å². The number of hydrogen-bond acceptors (Lipinski definition) is 8. The van der Waals surface area contributed by atoms with E-state index < -0.39 is 15.7 Å². The van der Waals surface area contributed by atoms with Gasteiger partial charge in [-0.25, -0.2) is 18.6 Å². The number of rotatable bonds is 3. The maximum Gasteiger partial charge on any atom is 0.274 e. The summed E-state index contributed by atoms with van der Waals surface area (Å²) in [5.41, 5.74) is 4.56. The summed E-state index contributed by atoms with van der Waals surface area (Å²) >= 11 is 0. The molecule has 5 heterocycles. The predicted octanol–water partition coefficient (Wildman–Crippen LogP) is -0.263. The molecule has 0 fully saturated rings. The quantitative estimate of drug-likeness (QED) is 0.218. The third kappa shape index (κ3) is 3.49. The molecule has 0 spiro atoms. The van der Waals surface area contributed by atoms with E-state index >= 15 is 0 Å². The number of pyridine rings is 1. The van der Waals surface area contributed by atoms with Gasteiger partial charge >= 0.3 is 0 Å². The maximum atomic E-state index is 12.0. The fourth-order valence-corrected chi connectivity index (χ4v) is 5.53. The first-order chi connectivity index (χ1) is 16.2. The second-order valence-electron chi connectivity index (χ2n) is 8.10. The van der Waals surface area contributed by atoms with Crippen LogP contribution in [0.4, 0.5) is 5.69 Å². The summed E-state index contributed by atoms with van der Waals surface area (Å²) in [7, 11) is -4.94. The highest BCUT2D eigenvalue weighted by atomic mass is 35.7. The van der Waals surface area contributed by atoms with Gasteiger partial charge in [-0.15, -0.1) is 10.2 Å². The monoisotopic (exact) mass is 484 g/mol. The van der Waals surface area contributed by atoms with Gasteiger partial charge in [0.05, 0.1) is 46.9 Å². The minimum absolute atomic E-state index is 0.0177. The zero-order valence-electron chi connectivity index (χ0n) is 17.4. The van der Waals surface area contributed by atoms with E-state index in [0.717, 1.165) is 34.4 Å². The van der Waals surface area contributed by atoms with Crippen molar-refractivity contribution < 1.29 is 47.2 Å². The van der Waals surface area contributed by atoms with Gasteiger partial charge in [-0.3, -0.25) is 10.1 Å². The van der Waals surface area contributed by atoms with Crippen LogP contribution in [0.2, 0.25) is 0 Å². The largest absolute Gasteiger partial charge is 0.472 e. The Morgan fingerprint density at radius 2 is 1.59 bits per heavy atom. The first-order valence-electron chi connectivity index (χ1n) is 10.2. The normalized spacial score (nSPS) is 19.5. The van der Waals surface area contributed by atoms with Crippen molar-refractivity contribution in [2.24, 2.45) is 0 Å². The second-order valence-corrected chi connectivity index (χ2v) is 8.85. The average Bonchev–Trinajstić information content (AvgIpc) is 3.52. The molecule has 1 aliphatic carbocycles. The van der Waals surface area contributed by atoms with Crippen LogP contribution >= 0.6 is 0 Å². The summed E-state index contributed by atoms with van der Waals surface area (Å²) in [5, 5.41) is 12.0. The molecule has 1 aromatic carbocycles. The van der Waals surface area contributed by atoms with E-state index in [1.807, 2.05) is 30.3 Å². The Kier molecular flexibility index (Phi) is 5.27. The Morgan fingerprint density at radius 3 is 2.15 bits per heavy atom. The first-order valence-corrected chi connectivity index (χ1v) is 11.4. The van der Waals surface area contributed by atoms with Crippen molar-refractivity contribution in [1.29, 1.82) is 0 Å². The number of aromatic nitrogens is 1. The van der Waals surface area contributed by atoms with E-state index in [0.29, 0.717) is 0 Å². The van der Waals surface area contributed by atoms with Gasteiger partial charge in [0.2, 0.25) is 0 Å². The van der Waals surface area contributed by atoms with Crippen molar-refractivity contribution >= 4 is 5.69 Å². The van der Waals surface area contributed by atoms with Crippen LogP contribution in [0.1, 0.15) is 46.3 Å². The molecular formula is C23H17ClN2O8. The summed E-state index contributed by atoms with van der Waals surface area (Å²) in [6, 6.07) is 15.4. The van der Waals surface area contributed by atoms with Crippen molar-refractivity contribution in [3.8, 4) is 0 Å². The van der Waals surface area contributed by atoms with Crippen LogP contribution < -0.4 is 23.2 Å². The average molecular weight is 485 g/mol. The number of furan rings is 2. The summed E-state index contributed by atoms with van der Waals surface area (Å²) < 4.78 is 47.2. The molecular weight excluding hydrogens is 468 g/mol. The molecule has 2 atom stereocenters. The lowest BCUT2D eigenvalue weighted by Gasteiger charge is -2.48. The van der Waals surface area contributed by atoms with E-state index in [4.69, 9.17) is 27.5 Å². The highest BCUT2D eigenvalue weighted by molar-refractivity contribution is 5.60. The molecule has 2 unspecified atom stereocenters. The van der Waals surface area contributed by atoms with E-state index in [-0.39, 0.29) is 22.6 Å². The molecule has 7 rings (SSSR count). The second kappa shape index (κ2) is 8.05. The minimum Gasteiger partial charge on any atom is -0.472 e. The minimum atomic E-state index is -4.94. The molecule has 0 radical (unpaired) electrons. The highest BCUT2D eigenvalue weighted by Crippen LogP contribution is 2.61. The number of nitrogens with zero attached hydrogens (tertiary/aromatic N) is 2. The molecule has 0 saturated carbocycles. The fourth-order valence-electron chi connectivity index (χ4n) is 5.53. The Labute approximate surface area is 194 Å². The van der Waals surface area contributed by atoms with E-state index in [1.165, 1.54) is 0 Å². The molecule has 0 amide bonds. The summed E-state index contributed by atoms with van der Waals surface area (Å²) in [6.45, 7) is 0. The maximum absolute atomic E-state index is 12.0. The number of hydrogen-bond donors (Lipinski definition) is 0. The molecule has 34 heavy (non-hydrogen) atoms. The zero-order valence-corrected chi connectivity index (χ0v) is 18.2. The van der Waals surface area contributed by atoms with Gasteiger partial charge in [-0.05, 0) is 12.1 Å². The van der Waals surface area contributed by atoms with Crippen molar-refractivity contribution in [2.45, 2.75) is 23.8 Å². The smallest absolute Gasteiger partial charge is 0.274 e. The van der Waals surface area contributed by atoms with Crippen LogP contribution in [0.5, 0.6) is 0 Å². The summed E-state index contributed by atoms with van der Waals surface area (Å²) in [6.07, 6.45) is 9.69. The van der Waals surface area contributed by atoms with E-state index in [1.54, 1.807) is 37.2 Å². The molecule has 0 saturated heterocycles. The molecule has 3 aromatic heterocycles. The van der Waals surface area contributed by atoms with E-state index in [2.05, 4.69) is 16.8 Å². The van der Waals surface area contributed by atoms with Crippen LogP contribution in [-0.2, 0) is 5.41 Å². The lowest BCUT2D eigenvalue weighted by Crippen LogP contribution is -2.68. The SMILES string of the molecule is O=[N+]([O-])c1cccc2c1C1c3cccc[n+]3C2CC1(c1ccoc1)c1ccoc1.[O-][Cl+3]([O-])([O-])[O-]. The molecule has 11 heteroatoms. The standard InChI is InChI=1S/C23H17N2O4.ClHO4/c26-25(27)18-6-3-4-17-20-12-23(15-7-10-28-13-15,16-8-11-29-14-16)22(21(17)18)19-5-1-2-9-24(19)20;2-1(3,4)5/h1-11,13-14,20,22H,12H2;(H,2,3,4,5)/q+1;/p-1. The van der Waals surface area contributed by atoms with Crippen molar-refractivity contribution in [3.05, 3.63) is 118 Å². The zero-order chi connectivity index (χ0) is 24.1. The van der Waals surface area contributed by atoms with Crippen LogP contribution in [0.3, 0.4) is 0 Å². The predicted molar refractivity (Wildman–Crippen MR) is 103 cm³/mol. The lowest BCUT2D eigenvalue weighted by atomic mass is 9.54. The Morgan fingerprint density at radius 1 is 0.941 bits per heavy atom. The van der Waals surface area contributed by atoms with Gasteiger partial charge in [0, 0.05) is 41.3 Å². The Balaban J connectivity index is 0.000000439. The number of nitro groups is 1. The Hall–Kier alpha value is -3.54. The van der Waals surface area contributed by atoms with Gasteiger partial charge in [-0.2, -0.15) is 4.57 Å². The molecule has 2 aliphatic heterocycles. The third-order valence-electron chi connectivity index (χ3n) is 6.60. The third-order valence-corrected chi connectivity index (χ3v) is 6.60. The fraction of sp³-hybridized carbons (Fsp3) is 0.174. The number of benzene rings is 1. The Bertz CT molecular complexity index is 1290. The molecule has 10 nitrogen and oxygen atoms in total. The molecule has 4 aromatic rings.